The van der Waals surface area contributed by atoms with Gasteiger partial charge in [-0.2, -0.15) is 0 Å². The van der Waals surface area contributed by atoms with Crippen molar-refractivity contribution in [1.29, 1.82) is 0 Å². The quantitative estimate of drug-likeness (QED) is 0.486. The van der Waals surface area contributed by atoms with Gasteiger partial charge in [0, 0.05) is 24.5 Å². The lowest BCUT2D eigenvalue weighted by molar-refractivity contribution is 0.295. The van der Waals surface area contributed by atoms with Crippen LogP contribution in [-0.2, 0) is 0 Å². The molecule has 0 spiro atoms. The Hall–Kier alpha value is -3.65. The Morgan fingerprint density at radius 2 is 1.80 bits per heavy atom. The summed E-state index contributed by atoms with van der Waals surface area (Å²) in [7, 11) is 1.55. The maximum absolute atomic E-state index is 14.8. The van der Waals surface area contributed by atoms with E-state index in [4.69, 9.17) is 10.5 Å². The van der Waals surface area contributed by atoms with Gasteiger partial charge in [0.15, 0.2) is 5.82 Å². The number of fused-ring (bicyclic) bond motifs is 1. The van der Waals surface area contributed by atoms with Crippen molar-refractivity contribution in [3.63, 3.8) is 0 Å². The molecule has 152 valence electrons. The highest BCUT2D eigenvalue weighted by atomic mass is 19.1. The lowest BCUT2D eigenvalue weighted by Gasteiger charge is -2.19. The van der Waals surface area contributed by atoms with Gasteiger partial charge in [0.2, 0.25) is 0 Å². The molecule has 0 aliphatic heterocycles. The van der Waals surface area contributed by atoms with Gasteiger partial charge < -0.3 is 15.8 Å². The molecular formula is C22H21FN6O. The van der Waals surface area contributed by atoms with Gasteiger partial charge in [-0.1, -0.05) is 30.3 Å². The van der Waals surface area contributed by atoms with E-state index in [-0.39, 0.29) is 6.54 Å². The van der Waals surface area contributed by atoms with E-state index in [1.807, 2.05) is 18.2 Å². The number of ether oxygens (including phenoxy) is 1. The Bertz CT molecular complexity index is 1130. The summed E-state index contributed by atoms with van der Waals surface area (Å²) < 4.78 is 20.2. The van der Waals surface area contributed by atoms with Crippen LogP contribution in [0.2, 0.25) is 0 Å². The van der Waals surface area contributed by atoms with Crippen molar-refractivity contribution in [3.05, 3.63) is 72.8 Å². The molecule has 1 aromatic carbocycles. The number of nitrogens with zero attached hydrogens (tertiary/aromatic N) is 4. The molecule has 0 radical (unpaired) electrons. The molecule has 0 fully saturated rings. The van der Waals surface area contributed by atoms with E-state index >= 15 is 0 Å². The lowest BCUT2D eigenvalue weighted by atomic mass is 10.0. The zero-order chi connectivity index (χ0) is 20.9. The first kappa shape index (κ1) is 19.7. The first-order valence-electron chi connectivity index (χ1n) is 9.46. The molecule has 0 aliphatic carbocycles. The van der Waals surface area contributed by atoms with Gasteiger partial charge in [-0.15, -0.1) is 0 Å². The number of nitrogens with two attached hydrogens (primary N) is 1. The average molecular weight is 404 g/mol. The SMILES string of the molecule is COc1cncc2nc(-c3ccncc3)nc(NCC(N)C(F)c3ccccc3)c12. The van der Waals surface area contributed by atoms with E-state index in [0.717, 1.165) is 5.56 Å². The molecular weight excluding hydrogens is 383 g/mol. The van der Waals surface area contributed by atoms with Gasteiger partial charge in [-0.25, -0.2) is 14.4 Å². The van der Waals surface area contributed by atoms with Crippen LogP contribution in [0.1, 0.15) is 11.7 Å². The zero-order valence-electron chi connectivity index (χ0n) is 16.4. The van der Waals surface area contributed by atoms with Crippen LogP contribution in [0.5, 0.6) is 5.75 Å². The van der Waals surface area contributed by atoms with Crippen LogP contribution in [-0.4, -0.2) is 39.6 Å². The van der Waals surface area contributed by atoms with Crippen LogP contribution in [0.3, 0.4) is 0 Å². The second kappa shape index (κ2) is 8.79. The minimum absolute atomic E-state index is 0.170. The number of alkyl halides is 1. The topological polar surface area (TPSA) is 98.8 Å². The second-order valence-corrected chi connectivity index (χ2v) is 6.72. The largest absolute Gasteiger partial charge is 0.494 e. The Labute approximate surface area is 173 Å². The van der Waals surface area contributed by atoms with Crippen LogP contribution in [0.25, 0.3) is 22.3 Å². The molecule has 0 aliphatic rings. The van der Waals surface area contributed by atoms with Crippen molar-refractivity contribution >= 4 is 16.7 Å². The van der Waals surface area contributed by atoms with Crippen LogP contribution in [0.4, 0.5) is 10.2 Å². The van der Waals surface area contributed by atoms with Gasteiger partial charge in [0.25, 0.3) is 0 Å². The molecule has 2 unspecified atom stereocenters. The van der Waals surface area contributed by atoms with E-state index in [0.29, 0.717) is 33.9 Å². The number of nitrogens with one attached hydrogen (secondary N) is 1. The van der Waals surface area contributed by atoms with Crippen LogP contribution in [0, 0.1) is 0 Å². The van der Waals surface area contributed by atoms with Gasteiger partial charge in [0.1, 0.15) is 17.7 Å². The standard InChI is InChI=1S/C22H21FN6O/c1-30-18-13-26-12-17-19(18)22(29-21(28-17)15-7-9-25-10-8-15)27-11-16(24)20(23)14-5-3-2-4-6-14/h2-10,12-13,16,20H,11,24H2,1H3,(H,27,28,29). The number of halogens is 1. The molecule has 3 aromatic heterocycles. The Balaban J connectivity index is 1.68. The van der Waals surface area contributed by atoms with Crippen molar-refractivity contribution in [2.75, 3.05) is 19.0 Å². The highest BCUT2D eigenvalue weighted by Crippen LogP contribution is 2.31. The van der Waals surface area contributed by atoms with Crippen molar-refractivity contribution in [3.8, 4) is 17.1 Å². The Kier molecular flexibility index (Phi) is 5.76. The lowest BCUT2D eigenvalue weighted by Crippen LogP contribution is -2.33. The summed E-state index contributed by atoms with van der Waals surface area (Å²) in [6.07, 6.45) is 5.25. The number of anilines is 1. The third-order valence-electron chi connectivity index (χ3n) is 4.73. The maximum Gasteiger partial charge on any atom is 0.162 e. The molecule has 3 heterocycles. The maximum atomic E-state index is 14.8. The minimum Gasteiger partial charge on any atom is -0.494 e. The van der Waals surface area contributed by atoms with Crippen molar-refractivity contribution in [1.82, 2.24) is 19.9 Å². The van der Waals surface area contributed by atoms with E-state index in [9.17, 15) is 4.39 Å². The van der Waals surface area contributed by atoms with Crippen molar-refractivity contribution in [2.24, 2.45) is 5.73 Å². The molecule has 0 amide bonds. The van der Waals surface area contributed by atoms with Gasteiger partial charge in [-0.3, -0.25) is 9.97 Å². The third kappa shape index (κ3) is 4.04. The Morgan fingerprint density at radius 3 is 2.53 bits per heavy atom. The molecule has 7 nitrogen and oxygen atoms in total. The highest BCUT2D eigenvalue weighted by Gasteiger charge is 2.20. The van der Waals surface area contributed by atoms with Crippen LogP contribution < -0.4 is 15.8 Å². The molecule has 3 N–H and O–H groups in total. The van der Waals surface area contributed by atoms with E-state index in [1.165, 1.54) is 0 Å². The summed E-state index contributed by atoms with van der Waals surface area (Å²) in [5.74, 6) is 1.52. The summed E-state index contributed by atoms with van der Waals surface area (Å²) in [4.78, 5) is 17.5. The first-order chi connectivity index (χ1) is 14.7. The summed E-state index contributed by atoms with van der Waals surface area (Å²) in [5, 5.41) is 3.84. The fourth-order valence-electron chi connectivity index (χ4n) is 3.17. The van der Waals surface area contributed by atoms with Gasteiger partial charge in [0.05, 0.1) is 36.4 Å². The van der Waals surface area contributed by atoms with Gasteiger partial charge in [-0.05, 0) is 17.7 Å². The second-order valence-electron chi connectivity index (χ2n) is 6.72. The molecule has 2 atom stereocenters. The fraction of sp³-hybridized carbons (Fsp3) is 0.182. The predicted octanol–water partition coefficient (Wildman–Crippen LogP) is 3.55. The van der Waals surface area contributed by atoms with E-state index in [1.54, 1.807) is 56.2 Å². The monoisotopic (exact) mass is 404 g/mol. The molecule has 4 aromatic rings. The number of rotatable bonds is 7. The normalized spacial score (nSPS) is 13.0. The van der Waals surface area contributed by atoms with Crippen molar-refractivity contribution in [2.45, 2.75) is 12.2 Å². The average Bonchev–Trinajstić information content (AvgIpc) is 2.82. The molecule has 8 heteroatoms. The summed E-state index contributed by atoms with van der Waals surface area (Å²) in [6, 6.07) is 11.7. The molecule has 0 saturated carbocycles. The van der Waals surface area contributed by atoms with Crippen LogP contribution in [0.15, 0.2) is 67.3 Å². The first-order valence-corrected chi connectivity index (χ1v) is 9.46. The van der Waals surface area contributed by atoms with Gasteiger partial charge >= 0.3 is 0 Å². The number of hydrogen-bond acceptors (Lipinski definition) is 7. The fourth-order valence-corrected chi connectivity index (χ4v) is 3.17. The number of methoxy groups -OCH3 is 1. The highest BCUT2D eigenvalue weighted by molar-refractivity contribution is 5.95. The minimum atomic E-state index is -1.31. The third-order valence-corrected chi connectivity index (χ3v) is 4.73. The number of benzene rings is 1. The summed E-state index contributed by atoms with van der Waals surface area (Å²) >= 11 is 0. The Morgan fingerprint density at radius 1 is 1.03 bits per heavy atom. The van der Waals surface area contributed by atoms with Crippen molar-refractivity contribution < 1.29 is 9.13 Å². The number of hydrogen-bond donors (Lipinski definition) is 2. The van der Waals surface area contributed by atoms with Crippen LogP contribution >= 0.6 is 0 Å². The summed E-state index contributed by atoms with van der Waals surface area (Å²) in [6.45, 7) is 0.170. The number of pyridine rings is 2. The molecule has 30 heavy (non-hydrogen) atoms. The molecule has 0 bridgehead atoms. The smallest absolute Gasteiger partial charge is 0.162 e. The predicted molar refractivity (Wildman–Crippen MR) is 114 cm³/mol. The zero-order valence-corrected chi connectivity index (χ0v) is 16.4. The molecule has 0 saturated heterocycles. The number of aromatic nitrogens is 4. The van der Waals surface area contributed by atoms with E-state index in [2.05, 4.69) is 25.3 Å². The summed E-state index contributed by atoms with van der Waals surface area (Å²) in [5.41, 5.74) is 8.07. The molecule has 4 rings (SSSR count). The van der Waals surface area contributed by atoms with E-state index < -0.39 is 12.2 Å².